The Morgan fingerprint density at radius 3 is 2.70 bits per heavy atom. The number of fused-ring (bicyclic) bond motifs is 1. The summed E-state index contributed by atoms with van der Waals surface area (Å²) >= 11 is 1.80. The molecule has 1 aliphatic rings. The van der Waals surface area contributed by atoms with E-state index in [4.69, 9.17) is 0 Å². The Kier molecular flexibility index (Phi) is 3.85. The molecule has 0 radical (unpaired) electrons. The molecule has 1 saturated heterocycles. The van der Waals surface area contributed by atoms with Crippen molar-refractivity contribution in [2.75, 3.05) is 31.1 Å². The van der Waals surface area contributed by atoms with Crippen molar-refractivity contribution in [2.45, 2.75) is 6.54 Å². The molecule has 0 amide bonds. The fourth-order valence-electron chi connectivity index (χ4n) is 2.96. The molecule has 0 bridgehead atoms. The fourth-order valence-corrected chi connectivity index (χ4v) is 3.71. The third-order valence-corrected chi connectivity index (χ3v) is 5.09. The van der Waals surface area contributed by atoms with Crippen LogP contribution in [0.3, 0.4) is 0 Å². The van der Waals surface area contributed by atoms with Crippen LogP contribution in [0, 0.1) is 0 Å². The molecular weight excluding hydrogens is 308 g/mol. The minimum Gasteiger partial charge on any atom is -0.340 e. The van der Waals surface area contributed by atoms with Crippen LogP contribution in [0.2, 0.25) is 0 Å². The molecule has 3 aromatic rings. The lowest BCUT2D eigenvalue weighted by Gasteiger charge is -2.34. The van der Waals surface area contributed by atoms with E-state index in [0.717, 1.165) is 38.2 Å². The molecule has 0 aliphatic carbocycles. The van der Waals surface area contributed by atoms with Gasteiger partial charge in [0.25, 0.3) is 5.56 Å². The highest BCUT2D eigenvalue weighted by molar-refractivity contribution is 7.09. The summed E-state index contributed by atoms with van der Waals surface area (Å²) in [6, 6.07) is 11.8. The molecule has 4 rings (SSSR count). The van der Waals surface area contributed by atoms with E-state index in [0.29, 0.717) is 11.3 Å². The minimum atomic E-state index is -0.0633. The van der Waals surface area contributed by atoms with E-state index in [1.165, 1.54) is 4.88 Å². The van der Waals surface area contributed by atoms with Crippen molar-refractivity contribution in [2.24, 2.45) is 0 Å². The van der Waals surface area contributed by atoms with Crippen molar-refractivity contribution in [3.8, 4) is 0 Å². The molecule has 3 heterocycles. The maximum atomic E-state index is 12.2. The van der Waals surface area contributed by atoms with Crippen LogP contribution in [-0.4, -0.2) is 41.0 Å². The van der Waals surface area contributed by atoms with Crippen LogP contribution in [0.4, 0.5) is 5.95 Å². The zero-order valence-electron chi connectivity index (χ0n) is 12.7. The number of hydrogen-bond donors (Lipinski definition) is 1. The van der Waals surface area contributed by atoms with Crippen molar-refractivity contribution < 1.29 is 0 Å². The Morgan fingerprint density at radius 2 is 1.91 bits per heavy atom. The second-order valence-corrected chi connectivity index (χ2v) is 6.78. The molecule has 1 fully saturated rings. The van der Waals surface area contributed by atoms with Crippen molar-refractivity contribution in [1.29, 1.82) is 0 Å². The predicted molar refractivity (Wildman–Crippen MR) is 94.2 cm³/mol. The maximum absolute atomic E-state index is 12.2. The van der Waals surface area contributed by atoms with Gasteiger partial charge in [0.05, 0.1) is 10.9 Å². The van der Waals surface area contributed by atoms with E-state index in [1.54, 1.807) is 11.3 Å². The lowest BCUT2D eigenvalue weighted by molar-refractivity contribution is 0.251. The standard InChI is InChI=1S/C17H18N4OS/c22-16-14-5-1-2-6-15(14)18-17(19-16)21-9-7-20(8-10-21)12-13-4-3-11-23-13/h1-6,11H,7-10,12H2,(H,18,19,22). The van der Waals surface area contributed by atoms with Crippen LogP contribution in [-0.2, 0) is 6.54 Å². The Balaban J connectivity index is 1.49. The number of thiophene rings is 1. The molecule has 0 unspecified atom stereocenters. The van der Waals surface area contributed by atoms with Crippen LogP contribution in [0.25, 0.3) is 10.9 Å². The smallest absolute Gasteiger partial charge is 0.260 e. The molecule has 6 heteroatoms. The monoisotopic (exact) mass is 326 g/mol. The van der Waals surface area contributed by atoms with Crippen LogP contribution in [0.5, 0.6) is 0 Å². The topological polar surface area (TPSA) is 52.2 Å². The zero-order valence-corrected chi connectivity index (χ0v) is 13.6. The number of benzene rings is 1. The van der Waals surface area contributed by atoms with Gasteiger partial charge in [0.15, 0.2) is 0 Å². The van der Waals surface area contributed by atoms with Gasteiger partial charge in [0.2, 0.25) is 5.95 Å². The average Bonchev–Trinajstić information content (AvgIpc) is 3.08. The second-order valence-electron chi connectivity index (χ2n) is 5.75. The van der Waals surface area contributed by atoms with E-state index in [9.17, 15) is 4.79 Å². The summed E-state index contributed by atoms with van der Waals surface area (Å²) in [6.45, 7) is 4.73. The molecule has 0 atom stereocenters. The molecule has 1 aliphatic heterocycles. The molecule has 0 saturated carbocycles. The number of anilines is 1. The van der Waals surface area contributed by atoms with Gasteiger partial charge in [-0.25, -0.2) is 4.98 Å². The average molecular weight is 326 g/mol. The van der Waals surface area contributed by atoms with Crippen molar-refractivity contribution in [1.82, 2.24) is 14.9 Å². The number of nitrogens with zero attached hydrogens (tertiary/aromatic N) is 3. The van der Waals surface area contributed by atoms with Crippen LogP contribution < -0.4 is 10.5 Å². The molecule has 1 N–H and O–H groups in total. The van der Waals surface area contributed by atoms with Gasteiger partial charge in [0.1, 0.15) is 0 Å². The van der Waals surface area contributed by atoms with Crippen LogP contribution in [0.1, 0.15) is 4.88 Å². The van der Waals surface area contributed by atoms with E-state index in [1.807, 2.05) is 24.3 Å². The number of H-pyrrole nitrogens is 1. The molecular formula is C17H18N4OS. The Bertz CT molecular complexity index is 850. The number of aromatic amines is 1. The summed E-state index contributed by atoms with van der Waals surface area (Å²) < 4.78 is 0. The number of piperazine rings is 1. The predicted octanol–water partition coefficient (Wildman–Crippen LogP) is 2.31. The largest absolute Gasteiger partial charge is 0.340 e. The summed E-state index contributed by atoms with van der Waals surface area (Å²) in [6.07, 6.45) is 0. The SMILES string of the molecule is O=c1[nH]c(N2CCN(Cc3cccs3)CC2)nc2ccccc12. The number of nitrogens with one attached hydrogen (secondary N) is 1. The molecule has 2 aromatic heterocycles. The van der Waals surface area contributed by atoms with Crippen LogP contribution >= 0.6 is 11.3 Å². The first-order chi connectivity index (χ1) is 11.3. The molecule has 5 nitrogen and oxygen atoms in total. The number of para-hydroxylation sites is 1. The Labute approximate surface area is 138 Å². The van der Waals surface area contributed by atoms with E-state index < -0.39 is 0 Å². The third kappa shape index (κ3) is 3.00. The highest BCUT2D eigenvalue weighted by Gasteiger charge is 2.19. The van der Waals surface area contributed by atoms with E-state index >= 15 is 0 Å². The fraction of sp³-hybridized carbons (Fsp3) is 0.294. The van der Waals surface area contributed by atoms with Gasteiger partial charge in [-0.3, -0.25) is 14.7 Å². The Morgan fingerprint density at radius 1 is 1.09 bits per heavy atom. The van der Waals surface area contributed by atoms with Gasteiger partial charge in [-0.1, -0.05) is 18.2 Å². The van der Waals surface area contributed by atoms with Crippen molar-refractivity contribution in [3.63, 3.8) is 0 Å². The summed E-state index contributed by atoms with van der Waals surface area (Å²) in [5.74, 6) is 0.685. The minimum absolute atomic E-state index is 0.0633. The molecule has 23 heavy (non-hydrogen) atoms. The molecule has 0 spiro atoms. The zero-order chi connectivity index (χ0) is 15.6. The first-order valence-corrected chi connectivity index (χ1v) is 8.66. The summed E-state index contributed by atoms with van der Waals surface area (Å²) in [5.41, 5.74) is 0.693. The summed E-state index contributed by atoms with van der Waals surface area (Å²) in [5, 5.41) is 2.77. The van der Waals surface area contributed by atoms with Gasteiger partial charge >= 0.3 is 0 Å². The lowest BCUT2D eigenvalue weighted by Crippen LogP contribution is -2.46. The first kappa shape index (κ1) is 14.4. The summed E-state index contributed by atoms with van der Waals surface area (Å²) in [7, 11) is 0. The first-order valence-electron chi connectivity index (χ1n) is 7.78. The summed E-state index contributed by atoms with van der Waals surface area (Å²) in [4.78, 5) is 25.7. The number of hydrogen-bond acceptors (Lipinski definition) is 5. The third-order valence-electron chi connectivity index (χ3n) is 4.23. The van der Waals surface area contributed by atoms with Gasteiger partial charge < -0.3 is 4.90 Å². The maximum Gasteiger partial charge on any atom is 0.260 e. The molecule has 1 aromatic carbocycles. The number of aromatic nitrogens is 2. The van der Waals surface area contributed by atoms with Gasteiger partial charge in [-0.05, 0) is 23.6 Å². The highest BCUT2D eigenvalue weighted by Crippen LogP contribution is 2.16. The number of rotatable bonds is 3. The van der Waals surface area contributed by atoms with E-state index in [2.05, 4.69) is 37.3 Å². The second kappa shape index (κ2) is 6.14. The van der Waals surface area contributed by atoms with Gasteiger partial charge in [-0.2, -0.15) is 0 Å². The van der Waals surface area contributed by atoms with Crippen molar-refractivity contribution in [3.05, 3.63) is 57.0 Å². The Hall–Kier alpha value is -2.18. The highest BCUT2D eigenvalue weighted by atomic mass is 32.1. The van der Waals surface area contributed by atoms with Gasteiger partial charge in [-0.15, -0.1) is 11.3 Å². The van der Waals surface area contributed by atoms with Gasteiger partial charge in [0, 0.05) is 37.6 Å². The normalized spacial score (nSPS) is 16.1. The van der Waals surface area contributed by atoms with Crippen LogP contribution in [0.15, 0.2) is 46.6 Å². The molecule has 118 valence electrons. The van der Waals surface area contributed by atoms with E-state index in [-0.39, 0.29) is 5.56 Å². The lowest BCUT2D eigenvalue weighted by atomic mass is 10.2. The quantitative estimate of drug-likeness (QED) is 0.802. The van der Waals surface area contributed by atoms with Crippen molar-refractivity contribution >= 4 is 28.2 Å².